The Labute approximate surface area is 186 Å². The largest absolute Gasteiger partial charge is 0.434 e. The van der Waals surface area contributed by atoms with Gasteiger partial charge in [0.25, 0.3) is 0 Å². The highest BCUT2D eigenvalue weighted by Gasteiger charge is 2.38. The lowest BCUT2D eigenvalue weighted by Crippen LogP contribution is -2.26. The Kier molecular flexibility index (Phi) is 8.86. The summed E-state index contributed by atoms with van der Waals surface area (Å²) >= 11 is 19.0. The van der Waals surface area contributed by atoms with Crippen molar-refractivity contribution in [2.24, 2.45) is 0 Å². The molecule has 0 radical (unpaired) electrons. The highest BCUT2D eigenvalue weighted by atomic mass is 35.5. The number of alkyl halides is 3. The summed E-state index contributed by atoms with van der Waals surface area (Å²) in [5.74, 6) is 0. The molecule has 0 aliphatic rings. The SMILES string of the molecule is CCCCN(CCC#N)Cc1sc(Nc2c(Cl)cc(Cl)cc2Cl)nc1C(F)(F)F. The number of unbranched alkanes of at least 4 members (excludes halogenated alkanes) is 1. The van der Waals surface area contributed by atoms with E-state index in [1.807, 2.05) is 17.9 Å². The van der Waals surface area contributed by atoms with Gasteiger partial charge in [0.15, 0.2) is 10.8 Å². The summed E-state index contributed by atoms with van der Waals surface area (Å²) in [6.07, 6.45) is -2.64. The zero-order valence-electron chi connectivity index (χ0n) is 15.4. The minimum absolute atomic E-state index is 0.0224. The molecule has 0 bridgehead atoms. The highest BCUT2D eigenvalue weighted by molar-refractivity contribution is 7.15. The normalized spacial score (nSPS) is 11.7. The van der Waals surface area contributed by atoms with Gasteiger partial charge in [0.2, 0.25) is 0 Å². The molecule has 2 aromatic rings. The molecule has 1 aromatic heterocycles. The molecule has 158 valence electrons. The van der Waals surface area contributed by atoms with Crippen LogP contribution in [0, 0.1) is 11.3 Å². The number of thiazole rings is 1. The molecule has 0 spiro atoms. The van der Waals surface area contributed by atoms with E-state index < -0.39 is 11.9 Å². The summed E-state index contributed by atoms with van der Waals surface area (Å²) in [7, 11) is 0. The van der Waals surface area contributed by atoms with Crippen LogP contribution in [-0.4, -0.2) is 23.0 Å². The first-order valence-corrected chi connectivity index (χ1v) is 10.7. The van der Waals surface area contributed by atoms with Crippen LogP contribution in [0.3, 0.4) is 0 Å². The number of halogens is 6. The average molecular weight is 486 g/mol. The molecule has 11 heteroatoms. The van der Waals surface area contributed by atoms with Gasteiger partial charge in [-0.15, -0.1) is 0 Å². The first-order chi connectivity index (χ1) is 13.7. The fourth-order valence-electron chi connectivity index (χ4n) is 2.57. The fraction of sp³-hybridized carbons (Fsp3) is 0.444. The second-order valence-electron chi connectivity index (χ2n) is 6.20. The summed E-state index contributed by atoms with van der Waals surface area (Å²) in [6, 6.07) is 4.90. The van der Waals surface area contributed by atoms with Crippen molar-refractivity contribution in [3.8, 4) is 6.07 Å². The first kappa shape index (κ1) is 24.0. The van der Waals surface area contributed by atoms with E-state index in [-0.39, 0.29) is 38.7 Å². The quantitative estimate of drug-likeness (QED) is 0.402. The lowest BCUT2D eigenvalue weighted by Gasteiger charge is -2.20. The van der Waals surface area contributed by atoms with E-state index in [0.29, 0.717) is 18.1 Å². The van der Waals surface area contributed by atoms with Gasteiger partial charge < -0.3 is 5.32 Å². The Morgan fingerprint density at radius 2 is 1.86 bits per heavy atom. The number of hydrogen-bond donors (Lipinski definition) is 1. The van der Waals surface area contributed by atoms with Crippen molar-refractivity contribution in [1.82, 2.24) is 9.88 Å². The van der Waals surface area contributed by atoms with Crippen LogP contribution in [0.4, 0.5) is 24.0 Å². The van der Waals surface area contributed by atoms with Crippen molar-refractivity contribution in [3.05, 3.63) is 37.8 Å². The molecule has 29 heavy (non-hydrogen) atoms. The molecule has 1 aromatic carbocycles. The van der Waals surface area contributed by atoms with Gasteiger partial charge in [0.1, 0.15) is 0 Å². The molecule has 0 saturated carbocycles. The van der Waals surface area contributed by atoms with Crippen LogP contribution in [0.15, 0.2) is 12.1 Å². The van der Waals surface area contributed by atoms with Crippen molar-refractivity contribution in [2.45, 2.75) is 38.9 Å². The molecule has 0 aliphatic heterocycles. The van der Waals surface area contributed by atoms with Crippen molar-refractivity contribution in [2.75, 3.05) is 18.4 Å². The van der Waals surface area contributed by atoms with E-state index in [9.17, 15) is 13.2 Å². The maximum atomic E-state index is 13.5. The molecule has 2 rings (SSSR count). The Balaban J connectivity index is 2.33. The summed E-state index contributed by atoms with van der Waals surface area (Å²) in [4.78, 5) is 5.64. The molecule has 1 heterocycles. The Morgan fingerprint density at radius 3 is 2.41 bits per heavy atom. The zero-order chi connectivity index (χ0) is 21.6. The van der Waals surface area contributed by atoms with Crippen molar-refractivity contribution >= 4 is 57.0 Å². The minimum Gasteiger partial charge on any atom is -0.329 e. The van der Waals surface area contributed by atoms with E-state index in [2.05, 4.69) is 10.3 Å². The van der Waals surface area contributed by atoms with Gasteiger partial charge in [0.05, 0.1) is 26.7 Å². The van der Waals surface area contributed by atoms with E-state index in [4.69, 9.17) is 40.1 Å². The van der Waals surface area contributed by atoms with Crippen molar-refractivity contribution < 1.29 is 13.2 Å². The number of nitriles is 1. The Bertz CT molecular complexity index is 857. The second kappa shape index (κ2) is 10.7. The molecular weight excluding hydrogens is 468 g/mol. The third-order valence-corrected chi connectivity index (χ3v) is 5.71. The minimum atomic E-state index is -4.61. The summed E-state index contributed by atoms with van der Waals surface area (Å²) in [5.41, 5.74) is -0.719. The van der Waals surface area contributed by atoms with Crippen molar-refractivity contribution in [3.63, 3.8) is 0 Å². The molecule has 0 unspecified atom stereocenters. The van der Waals surface area contributed by atoms with Gasteiger partial charge in [-0.1, -0.05) is 59.5 Å². The highest BCUT2D eigenvalue weighted by Crippen LogP contribution is 2.40. The van der Waals surface area contributed by atoms with Gasteiger partial charge in [-0.2, -0.15) is 18.4 Å². The number of hydrogen-bond acceptors (Lipinski definition) is 5. The van der Waals surface area contributed by atoms with Crippen LogP contribution >= 0.6 is 46.1 Å². The Hall–Kier alpha value is -1.24. The molecular formula is C18H18Cl3F3N4S. The number of anilines is 2. The predicted molar refractivity (Wildman–Crippen MR) is 112 cm³/mol. The van der Waals surface area contributed by atoms with Crippen LogP contribution in [0.1, 0.15) is 36.8 Å². The van der Waals surface area contributed by atoms with E-state index in [1.165, 1.54) is 12.1 Å². The molecule has 4 nitrogen and oxygen atoms in total. The smallest absolute Gasteiger partial charge is 0.329 e. The molecule has 1 N–H and O–H groups in total. The number of nitrogens with one attached hydrogen (secondary N) is 1. The predicted octanol–water partition coefficient (Wildman–Crippen LogP) is 7.38. The van der Waals surface area contributed by atoms with Gasteiger partial charge in [0, 0.05) is 24.5 Å². The fourth-order valence-corrected chi connectivity index (χ4v) is 4.51. The van der Waals surface area contributed by atoms with Crippen LogP contribution in [-0.2, 0) is 12.7 Å². The van der Waals surface area contributed by atoms with E-state index >= 15 is 0 Å². The van der Waals surface area contributed by atoms with Crippen LogP contribution in [0.2, 0.25) is 15.1 Å². The molecule has 0 atom stereocenters. The number of benzene rings is 1. The maximum Gasteiger partial charge on any atom is 0.434 e. The molecule has 0 amide bonds. The van der Waals surface area contributed by atoms with Gasteiger partial charge in [-0.05, 0) is 25.1 Å². The third kappa shape index (κ3) is 6.90. The second-order valence-corrected chi connectivity index (χ2v) is 8.53. The molecule has 0 saturated heterocycles. The summed E-state index contributed by atoms with van der Waals surface area (Å²) in [6.45, 7) is 3.05. The van der Waals surface area contributed by atoms with Crippen molar-refractivity contribution in [1.29, 1.82) is 5.26 Å². The number of aromatic nitrogens is 1. The summed E-state index contributed by atoms with van der Waals surface area (Å²) < 4.78 is 40.6. The summed E-state index contributed by atoms with van der Waals surface area (Å²) in [5, 5.41) is 12.3. The van der Waals surface area contributed by atoms with Crippen LogP contribution in [0.5, 0.6) is 0 Å². The number of nitrogens with zero attached hydrogens (tertiary/aromatic N) is 3. The first-order valence-electron chi connectivity index (χ1n) is 8.73. The monoisotopic (exact) mass is 484 g/mol. The van der Waals surface area contributed by atoms with E-state index in [1.54, 1.807) is 0 Å². The average Bonchev–Trinajstić information content (AvgIpc) is 3.03. The van der Waals surface area contributed by atoms with Crippen LogP contribution in [0.25, 0.3) is 0 Å². The molecule has 0 fully saturated rings. The zero-order valence-corrected chi connectivity index (χ0v) is 18.5. The van der Waals surface area contributed by atoms with Gasteiger partial charge in [-0.25, -0.2) is 4.98 Å². The lowest BCUT2D eigenvalue weighted by molar-refractivity contribution is -0.141. The van der Waals surface area contributed by atoms with Gasteiger partial charge in [-0.3, -0.25) is 4.90 Å². The van der Waals surface area contributed by atoms with Crippen LogP contribution < -0.4 is 5.32 Å². The maximum absolute atomic E-state index is 13.5. The topological polar surface area (TPSA) is 52.0 Å². The number of rotatable bonds is 9. The molecule has 0 aliphatic carbocycles. The standard InChI is InChI=1S/C18H18Cl3F3N4S/c1-2-3-6-28(7-4-5-25)10-14-16(18(22,23)24)27-17(29-14)26-15-12(20)8-11(19)9-13(15)21/h8-9H,2-4,6-7,10H2,1H3,(H,26,27). The van der Waals surface area contributed by atoms with E-state index in [0.717, 1.165) is 24.2 Å². The Morgan fingerprint density at radius 1 is 1.21 bits per heavy atom. The third-order valence-electron chi connectivity index (χ3n) is 3.94. The lowest BCUT2D eigenvalue weighted by atomic mass is 10.2. The van der Waals surface area contributed by atoms with Gasteiger partial charge >= 0.3 is 6.18 Å².